The van der Waals surface area contributed by atoms with Crippen molar-refractivity contribution in [1.29, 1.82) is 0 Å². The molecule has 35 heavy (non-hydrogen) atoms. The first-order valence-corrected chi connectivity index (χ1v) is 12.0. The molecule has 4 N–H and O–H groups in total. The molecule has 0 saturated carbocycles. The standard InChI is InChI=1S/C28H29FN2O3S/c1-2-32-27(35)14-22-7-6-18(16-30)12-26(22)34-17-19-10-23-8-9-33-28(23)24(11-19)20-4-3-5-21(13-20)25(31)15-29/h3-13,25H,2,14-17,30-31H2,1H3. The molecule has 7 heteroatoms. The summed E-state index contributed by atoms with van der Waals surface area (Å²) in [5, 5.41) is 1.47. The number of rotatable bonds is 10. The van der Waals surface area contributed by atoms with Crippen LogP contribution in [0.25, 0.3) is 22.1 Å². The van der Waals surface area contributed by atoms with Crippen molar-refractivity contribution in [3.8, 4) is 16.9 Å². The Morgan fingerprint density at radius 1 is 1.09 bits per heavy atom. The van der Waals surface area contributed by atoms with Crippen LogP contribution in [0.4, 0.5) is 4.39 Å². The van der Waals surface area contributed by atoms with Crippen LogP contribution in [0.2, 0.25) is 0 Å². The molecule has 3 aromatic carbocycles. The van der Waals surface area contributed by atoms with E-state index in [1.807, 2.05) is 67.6 Å². The van der Waals surface area contributed by atoms with E-state index in [0.29, 0.717) is 31.2 Å². The summed E-state index contributed by atoms with van der Waals surface area (Å²) < 4.78 is 30.7. The van der Waals surface area contributed by atoms with Gasteiger partial charge in [-0.05, 0) is 71.7 Å². The lowest BCUT2D eigenvalue weighted by Crippen LogP contribution is -2.11. The minimum atomic E-state index is -0.662. The van der Waals surface area contributed by atoms with E-state index in [1.165, 1.54) is 0 Å². The predicted molar refractivity (Wildman–Crippen MR) is 141 cm³/mol. The van der Waals surface area contributed by atoms with Crippen LogP contribution in [0.15, 0.2) is 71.3 Å². The quantitative estimate of drug-likeness (QED) is 0.264. The highest BCUT2D eigenvalue weighted by molar-refractivity contribution is 7.80. The van der Waals surface area contributed by atoms with Crippen LogP contribution in [0, 0.1) is 0 Å². The Kier molecular flexibility index (Phi) is 8.13. The fourth-order valence-corrected chi connectivity index (χ4v) is 4.28. The number of alkyl halides is 1. The molecule has 0 spiro atoms. The molecule has 1 atom stereocenters. The lowest BCUT2D eigenvalue weighted by molar-refractivity contribution is 0.301. The van der Waals surface area contributed by atoms with Crippen molar-refractivity contribution in [2.45, 2.75) is 32.5 Å². The van der Waals surface area contributed by atoms with Crippen LogP contribution in [-0.2, 0) is 24.3 Å². The second-order valence-electron chi connectivity index (χ2n) is 8.29. The molecule has 0 radical (unpaired) electrons. The Morgan fingerprint density at radius 3 is 2.71 bits per heavy atom. The number of ether oxygens (including phenoxy) is 2. The van der Waals surface area contributed by atoms with Crippen molar-refractivity contribution in [2.24, 2.45) is 11.5 Å². The molecule has 1 heterocycles. The van der Waals surface area contributed by atoms with Gasteiger partial charge in [0.05, 0.1) is 18.9 Å². The molecule has 1 aromatic heterocycles. The maximum atomic E-state index is 13.2. The molecule has 5 nitrogen and oxygen atoms in total. The van der Waals surface area contributed by atoms with E-state index in [2.05, 4.69) is 0 Å². The normalized spacial score (nSPS) is 12.0. The van der Waals surface area contributed by atoms with Gasteiger partial charge in [0.25, 0.3) is 0 Å². The first kappa shape index (κ1) is 24.9. The fraction of sp³-hybridized carbons (Fsp3) is 0.250. The van der Waals surface area contributed by atoms with Crippen LogP contribution in [0.1, 0.15) is 35.2 Å². The van der Waals surface area contributed by atoms with Gasteiger partial charge in [0.15, 0.2) is 5.05 Å². The largest absolute Gasteiger partial charge is 0.489 e. The van der Waals surface area contributed by atoms with E-state index in [1.54, 1.807) is 6.26 Å². The van der Waals surface area contributed by atoms with Crippen molar-refractivity contribution in [2.75, 3.05) is 13.3 Å². The average Bonchev–Trinajstić information content (AvgIpc) is 3.36. The van der Waals surface area contributed by atoms with Gasteiger partial charge in [0.1, 0.15) is 24.6 Å². The summed E-state index contributed by atoms with van der Waals surface area (Å²) >= 11 is 5.34. The summed E-state index contributed by atoms with van der Waals surface area (Å²) in [4.78, 5) is 0. The van der Waals surface area contributed by atoms with Crippen LogP contribution in [0.3, 0.4) is 0 Å². The Morgan fingerprint density at radius 2 is 1.94 bits per heavy atom. The van der Waals surface area contributed by atoms with Gasteiger partial charge in [0.2, 0.25) is 0 Å². The molecular weight excluding hydrogens is 463 g/mol. The highest BCUT2D eigenvalue weighted by Crippen LogP contribution is 2.33. The van der Waals surface area contributed by atoms with Gasteiger partial charge >= 0.3 is 0 Å². The first-order chi connectivity index (χ1) is 17.0. The third kappa shape index (κ3) is 5.88. The lowest BCUT2D eigenvalue weighted by Gasteiger charge is -2.15. The maximum absolute atomic E-state index is 13.2. The van der Waals surface area contributed by atoms with Crippen molar-refractivity contribution in [3.63, 3.8) is 0 Å². The van der Waals surface area contributed by atoms with Crippen LogP contribution in [0.5, 0.6) is 5.75 Å². The number of hydrogen-bond donors (Lipinski definition) is 2. The molecule has 1 unspecified atom stereocenters. The number of thiocarbonyl (C=S) groups is 1. The Labute approximate surface area is 209 Å². The Balaban J connectivity index is 1.65. The summed E-state index contributed by atoms with van der Waals surface area (Å²) in [6, 6.07) is 18.8. The Bertz CT molecular complexity index is 1320. The second-order valence-corrected chi connectivity index (χ2v) is 8.74. The minimum Gasteiger partial charge on any atom is -0.489 e. The topological polar surface area (TPSA) is 83.6 Å². The highest BCUT2D eigenvalue weighted by Gasteiger charge is 2.14. The van der Waals surface area contributed by atoms with E-state index < -0.39 is 12.7 Å². The van der Waals surface area contributed by atoms with Gasteiger partial charge in [-0.15, -0.1) is 0 Å². The molecule has 0 aliphatic heterocycles. The highest BCUT2D eigenvalue weighted by atomic mass is 32.1. The van der Waals surface area contributed by atoms with Crippen LogP contribution >= 0.6 is 12.2 Å². The summed E-state index contributed by atoms with van der Waals surface area (Å²) in [7, 11) is 0. The number of halogens is 1. The first-order valence-electron chi connectivity index (χ1n) is 11.5. The zero-order chi connectivity index (χ0) is 24.8. The van der Waals surface area contributed by atoms with E-state index in [4.69, 9.17) is 37.6 Å². The zero-order valence-corrected chi connectivity index (χ0v) is 20.4. The van der Waals surface area contributed by atoms with Gasteiger partial charge in [-0.25, -0.2) is 4.39 Å². The number of benzene rings is 3. The van der Waals surface area contributed by atoms with Crippen molar-refractivity contribution in [3.05, 3.63) is 89.2 Å². The van der Waals surface area contributed by atoms with Crippen LogP contribution in [-0.4, -0.2) is 18.3 Å². The molecule has 4 aromatic rings. The lowest BCUT2D eigenvalue weighted by atomic mass is 9.97. The summed E-state index contributed by atoms with van der Waals surface area (Å²) in [5.74, 6) is 0.722. The van der Waals surface area contributed by atoms with Crippen molar-refractivity contribution in [1.82, 2.24) is 0 Å². The van der Waals surface area contributed by atoms with Gasteiger partial charge < -0.3 is 25.4 Å². The van der Waals surface area contributed by atoms with Gasteiger partial charge in [-0.2, -0.15) is 0 Å². The molecular formula is C28H29FN2O3S. The van der Waals surface area contributed by atoms with E-state index >= 15 is 0 Å². The van der Waals surface area contributed by atoms with Crippen molar-refractivity contribution < 1.29 is 18.3 Å². The average molecular weight is 493 g/mol. The molecule has 0 amide bonds. The maximum Gasteiger partial charge on any atom is 0.164 e. The minimum absolute atomic E-state index is 0.334. The molecule has 182 valence electrons. The zero-order valence-electron chi connectivity index (χ0n) is 19.6. The number of hydrogen-bond acceptors (Lipinski definition) is 6. The SMILES string of the molecule is CCOC(=S)Cc1ccc(CN)cc1OCc1cc(-c2cccc(C(N)CF)c2)c2occc2c1. The predicted octanol–water partition coefficient (Wildman–Crippen LogP) is 6.01. The molecule has 0 aliphatic carbocycles. The van der Waals surface area contributed by atoms with E-state index in [9.17, 15) is 4.39 Å². The van der Waals surface area contributed by atoms with Gasteiger partial charge in [-0.3, -0.25) is 0 Å². The number of furan rings is 1. The second kappa shape index (κ2) is 11.4. The third-order valence-electron chi connectivity index (χ3n) is 5.80. The Hall–Kier alpha value is -3.26. The van der Waals surface area contributed by atoms with Crippen molar-refractivity contribution >= 4 is 28.2 Å². The van der Waals surface area contributed by atoms with E-state index in [0.717, 1.165) is 50.1 Å². The monoisotopic (exact) mass is 492 g/mol. The summed E-state index contributed by atoms with van der Waals surface area (Å²) in [6.07, 6.45) is 2.14. The smallest absolute Gasteiger partial charge is 0.164 e. The summed E-state index contributed by atoms with van der Waals surface area (Å²) in [6.45, 7) is 2.56. The molecule has 0 fully saturated rings. The molecule has 0 aliphatic rings. The van der Waals surface area contributed by atoms with Gasteiger partial charge in [-0.1, -0.05) is 30.3 Å². The molecule has 0 bridgehead atoms. The van der Waals surface area contributed by atoms with Gasteiger partial charge in [0, 0.05) is 29.5 Å². The molecule has 0 saturated heterocycles. The molecule has 4 rings (SSSR count). The fourth-order valence-electron chi connectivity index (χ4n) is 4.00. The summed E-state index contributed by atoms with van der Waals surface area (Å²) in [5.41, 5.74) is 17.9. The number of nitrogens with two attached hydrogens (primary N) is 2. The third-order valence-corrected chi connectivity index (χ3v) is 6.07. The van der Waals surface area contributed by atoms with E-state index in [-0.39, 0.29) is 0 Å². The number of fused-ring (bicyclic) bond motifs is 1. The van der Waals surface area contributed by atoms with Crippen LogP contribution < -0.4 is 16.2 Å².